The fourth-order valence-corrected chi connectivity index (χ4v) is 2.55. The number of amides is 2. The number of carbonyl (C=O) groups is 2. The summed E-state index contributed by atoms with van der Waals surface area (Å²) in [6.45, 7) is 7.15. The Morgan fingerprint density at radius 3 is 2.25 bits per heavy atom. The summed E-state index contributed by atoms with van der Waals surface area (Å²) in [6.07, 6.45) is 7.08. The van der Waals surface area contributed by atoms with Crippen molar-refractivity contribution in [3.8, 4) is 0 Å². The molecule has 2 amide bonds. The van der Waals surface area contributed by atoms with Crippen LogP contribution in [0.4, 0.5) is 5.69 Å². The van der Waals surface area contributed by atoms with Crippen molar-refractivity contribution in [2.75, 3.05) is 11.9 Å². The normalized spacial score (nSPS) is 11.8. The maximum atomic E-state index is 12.2. The summed E-state index contributed by atoms with van der Waals surface area (Å²) in [5.74, 6) is 0.524. The number of unbranched alkanes of at least 4 members (excludes halogenated alkanes) is 2. The zero-order chi connectivity index (χ0) is 17.8. The third kappa shape index (κ3) is 7.62. The van der Waals surface area contributed by atoms with Gasteiger partial charge in [0.15, 0.2) is 0 Å². The average molecular weight is 332 g/mol. The van der Waals surface area contributed by atoms with Crippen molar-refractivity contribution in [2.45, 2.75) is 65.7 Å². The Kier molecular flexibility index (Phi) is 9.81. The second-order valence-electron chi connectivity index (χ2n) is 6.36. The third-order valence-electron chi connectivity index (χ3n) is 4.28. The van der Waals surface area contributed by atoms with E-state index in [1.54, 1.807) is 24.3 Å². The van der Waals surface area contributed by atoms with Crippen LogP contribution < -0.4 is 10.6 Å². The van der Waals surface area contributed by atoms with Gasteiger partial charge in [0.25, 0.3) is 5.91 Å². The molecule has 24 heavy (non-hydrogen) atoms. The van der Waals surface area contributed by atoms with Gasteiger partial charge in [0.05, 0.1) is 0 Å². The number of nitrogens with one attached hydrogen (secondary N) is 2. The summed E-state index contributed by atoms with van der Waals surface area (Å²) in [4.78, 5) is 23.9. The fourth-order valence-electron chi connectivity index (χ4n) is 2.55. The smallest absolute Gasteiger partial charge is 0.251 e. The molecule has 1 rings (SSSR count). The van der Waals surface area contributed by atoms with E-state index in [0.717, 1.165) is 37.9 Å². The molecule has 1 unspecified atom stereocenters. The Bertz CT molecular complexity index is 497. The molecule has 0 saturated heterocycles. The second-order valence-corrected chi connectivity index (χ2v) is 6.36. The fraction of sp³-hybridized carbons (Fsp3) is 0.600. The first kappa shape index (κ1) is 20.2. The van der Waals surface area contributed by atoms with Crippen LogP contribution in [0.1, 0.15) is 76.1 Å². The number of rotatable bonds is 11. The van der Waals surface area contributed by atoms with Gasteiger partial charge in [0.2, 0.25) is 5.91 Å². The molecular formula is C20H32N2O2. The van der Waals surface area contributed by atoms with Crippen LogP contribution in [0.25, 0.3) is 0 Å². The average Bonchev–Trinajstić information content (AvgIpc) is 2.60. The summed E-state index contributed by atoms with van der Waals surface area (Å²) in [5.41, 5.74) is 1.37. The van der Waals surface area contributed by atoms with Crippen LogP contribution in [-0.4, -0.2) is 18.4 Å². The molecule has 0 aromatic heterocycles. The first-order valence-corrected chi connectivity index (χ1v) is 9.28. The summed E-state index contributed by atoms with van der Waals surface area (Å²) in [7, 11) is 0. The molecule has 0 aliphatic heterocycles. The number of hydrogen-bond donors (Lipinski definition) is 2. The maximum Gasteiger partial charge on any atom is 0.251 e. The highest BCUT2D eigenvalue weighted by atomic mass is 16.2. The monoisotopic (exact) mass is 332 g/mol. The van der Waals surface area contributed by atoms with Crippen LogP contribution in [0, 0.1) is 5.92 Å². The molecule has 0 spiro atoms. The molecule has 2 N–H and O–H groups in total. The summed E-state index contributed by atoms with van der Waals surface area (Å²) in [5, 5.41) is 5.88. The van der Waals surface area contributed by atoms with E-state index in [4.69, 9.17) is 0 Å². The van der Waals surface area contributed by atoms with Crippen LogP contribution in [0.2, 0.25) is 0 Å². The van der Waals surface area contributed by atoms with Crippen LogP contribution in [0.5, 0.6) is 0 Å². The van der Waals surface area contributed by atoms with Crippen LogP contribution >= 0.6 is 0 Å². The standard InChI is InChI=1S/C20H32N2O2/c1-4-7-9-16(6-3)15-21-20(24)17-11-13-18(14-12-17)22-19(23)10-8-5-2/h11-14,16H,4-10,15H2,1-3H3,(H,21,24)(H,22,23). The largest absolute Gasteiger partial charge is 0.352 e. The summed E-state index contributed by atoms with van der Waals surface area (Å²) < 4.78 is 0. The van der Waals surface area contributed by atoms with E-state index in [1.165, 1.54) is 12.8 Å². The minimum Gasteiger partial charge on any atom is -0.352 e. The topological polar surface area (TPSA) is 58.2 Å². The molecule has 0 heterocycles. The maximum absolute atomic E-state index is 12.2. The predicted octanol–water partition coefficient (Wildman–Crippen LogP) is 4.76. The van der Waals surface area contributed by atoms with Gasteiger partial charge in [-0.15, -0.1) is 0 Å². The van der Waals surface area contributed by atoms with E-state index in [0.29, 0.717) is 17.9 Å². The van der Waals surface area contributed by atoms with Crippen molar-refractivity contribution < 1.29 is 9.59 Å². The van der Waals surface area contributed by atoms with E-state index in [-0.39, 0.29) is 11.8 Å². The molecule has 0 aliphatic rings. The minimum atomic E-state index is -0.0474. The molecule has 1 aromatic carbocycles. The van der Waals surface area contributed by atoms with Gasteiger partial charge in [0, 0.05) is 24.2 Å². The highest BCUT2D eigenvalue weighted by Crippen LogP contribution is 2.13. The first-order chi connectivity index (χ1) is 11.6. The lowest BCUT2D eigenvalue weighted by Crippen LogP contribution is -2.29. The molecule has 0 saturated carbocycles. The van der Waals surface area contributed by atoms with Gasteiger partial charge in [-0.3, -0.25) is 9.59 Å². The van der Waals surface area contributed by atoms with Crippen molar-refractivity contribution in [2.24, 2.45) is 5.92 Å². The molecule has 0 bridgehead atoms. The van der Waals surface area contributed by atoms with Gasteiger partial charge in [-0.1, -0.05) is 46.5 Å². The van der Waals surface area contributed by atoms with Crippen LogP contribution in [0.15, 0.2) is 24.3 Å². The molecule has 0 radical (unpaired) electrons. The van der Waals surface area contributed by atoms with E-state index in [2.05, 4.69) is 31.4 Å². The molecule has 1 atom stereocenters. The van der Waals surface area contributed by atoms with Gasteiger partial charge in [0.1, 0.15) is 0 Å². The van der Waals surface area contributed by atoms with E-state index >= 15 is 0 Å². The Balaban J connectivity index is 2.46. The molecule has 4 nitrogen and oxygen atoms in total. The van der Waals surface area contributed by atoms with Crippen molar-refractivity contribution in [1.29, 1.82) is 0 Å². The quantitative estimate of drug-likeness (QED) is 0.613. The number of carbonyl (C=O) groups excluding carboxylic acids is 2. The molecule has 0 fully saturated rings. The lowest BCUT2D eigenvalue weighted by molar-refractivity contribution is -0.116. The lowest BCUT2D eigenvalue weighted by Gasteiger charge is -2.15. The van der Waals surface area contributed by atoms with Crippen molar-refractivity contribution in [3.63, 3.8) is 0 Å². The zero-order valence-electron chi connectivity index (χ0n) is 15.4. The lowest BCUT2D eigenvalue weighted by atomic mass is 9.99. The van der Waals surface area contributed by atoms with Gasteiger partial charge in [-0.2, -0.15) is 0 Å². The Labute approximate surface area is 146 Å². The number of hydrogen-bond acceptors (Lipinski definition) is 2. The van der Waals surface area contributed by atoms with E-state index < -0.39 is 0 Å². The third-order valence-corrected chi connectivity index (χ3v) is 4.28. The zero-order valence-corrected chi connectivity index (χ0v) is 15.4. The van der Waals surface area contributed by atoms with Crippen molar-refractivity contribution in [3.05, 3.63) is 29.8 Å². The summed E-state index contributed by atoms with van der Waals surface area (Å²) in [6, 6.07) is 7.09. The Hall–Kier alpha value is -1.84. The molecule has 4 heteroatoms. The predicted molar refractivity (Wildman–Crippen MR) is 100 cm³/mol. The van der Waals surface area contributed by atoms with Crippen molar-refractivity contribution >= 4 is 17.5 Å². The second kappa shape index (κ2) is 11.7. The van der Waals surface area contributed by atoms with Crippen molar-refractivity contribution in [1.82, 2.24) is 5.32 Å². The highest BCUT2D eigenvalue weighted by Gasteiger charge is 2.10. The van der Waals surface area contributed by atoms with Gasteiger partial charge in [-0.25, -0.2) is 0 Å². The van der Waals surface area contributed by atoms with Crippen LogP contribution in [0.3, 0.4) is 0 Å². The van der Waals surface area contributed by atoms with Gasteiger partial charge < -0.3 is 10.6 Å². The molecular weight excluding hydrogens is 300 g/mol. The molecule has 134 valence electrons. The SMILES string of the molecule is CCCCC(=O)Nc1ccc(C(=O)NCC(CC)CCCC)cc1. The van der Waals surface area contributed by atoms with E-state index in [9.17, 15) is 9.59 Å². The number of benzene rings is 1. The van der Waals surface area contributed by atoms with Gasteiger partial charge in [-0.05, 0) is 43.0 Å². The Morgan fingerprint density at radius 2 is 1.67 bits per heavy atom. The highest BCUT2D eigenvalue weighted by molar-refractivity contribution is 5.95. The van der Waals surface area contributed by atoms with Crippen LogP contribution in [-0.2, 0) is 4.79 Å². The Morgan fingerprint density at radius 1 is 1.00 bits per heavy atom. The minimum absolute atomic E-state index is 0.0239. The molecule has 0 aliphatic carbocycles. The first-order valence-electron chi connectivity index (χ1n) is 9.28. The molecule has 1 aromatic rings. The van der Waals surface area contributed by atoms with Gasteiger partial charge >= 0.3 is 0 Å². The summed E-state index contributed by atoms with van der Waals surface area (Å²) >= 11 is 0. The number of anilines is 1. The van der Waals surface area contributed by atoms with E-state index in [1.807, 2.05) is 0 Å².